The van der Waals surface area contributed by atoms with E-state index < -0.39 is 0 Å². The van der Waals surface area contributed by atoms with Gasteiger partial charge in [0, 0.05) is 11.8 Å². The Hall–Kier alpha value is -0.500. The minimum Gasteiger partial charge on any atom is -0.269 e. The van der Waals surface area contributed by atoms with Crippen LogP contribution in [0.2, 0.25) is 0 Å². The van der Waals surface area contributed by atoms with E-state index in [0.29, 0.717) is 6.04 Å². The highest BCUT2D eigenvalue weighted by Gasteiger charge is 2.17. The highest BCUT2D eigenvalue weighted by atomic mass is 35.5. The maximum Gasteiger partial charge on any atom is 0.0613 e. The lowest BCUT2D eigenvalue weighted by atomic mass is 9.96. The lowest BCUT2D eigenvalue weighted by Crippen LogP contribution is -2.12. The molecule has 0 N–H and O–H groups in total. The number of rotatable bonds is 3. The molecule has 1 unspecified atom stereocenters. The predicted octanol–water partition coefficient (Wildman–Crippen LogP) is 4.08. The van der Waals surface area contributed by atoms with Gasteiger partial charge in [-0.15, -0.1) is 11.6 Å². The van der Waals surface area contributed by atoms with Crippen molar-refractivity contribution in [3.05, 3.63) is 18.0 Å². The summed E-state index contributed by atoms with van der Waals surface area (Å²) in [5.74, 6) is 0. The van der Waals surface area contributed by atoms with Crippen LogP contribution in [0.5, 0.6) is 0 Å². The van der Waals surface area contributed by atoms with Gasteiger partial charge >= 0.3 is 0 Å². The molecule has 1 heterocycles. The number of nitrogens with zero attached hydrogens (tertiary/aromatic N) is 2. The van der Waals surface area contributed by atoms with Gasteiger partial charge in [-0.3, -0.25) is 4.68 Å². The molecule has 15 heavy (non-hydrogen) atoms. The highest BCUT2D eigenvalue weighted by molar-refractivity contribution is 6.20. The van der Waals surface area contributed by atoms with Crippen LogP contribution >= 0.6 is 11.6 Å². The fourth-order valence-electron chi connectivity index (χ4n) is 2.30. The molecule has 1 aromatic heterocycles. The van der Waals surface area contributed by atoms with E-state index in [0.717, 1.165) is 6.42 Å². The molecule has 0 saturated heterocycles. The van der Waals surface area contributed by atoms with Crippen LogP contribution in [0.4, 0.5) is 0 Å². The Morgan fingerprint density at radius 2 is 2.20 bits per heavy atom. The van der Waals surface area contributed by atoms with Crippen molar-refractivity contribution >= 4 is 11.6 Å². The molecule has 3 heteroatoms. The van der Waals surface area contributed by atoms with E-state index >= 15 is 0 Å². The Bertz CT molecular complexity index is 302. The van der Waals surface area contributed by atoms with Gasteiger partial charge in [0.15, 0.2) is 0 Å². The summed E-state index contributed by atoms with van der Waals surface area (Å²) < 4.78 is 2.12. The maximum atomic E-state index is 6.19. The fraction of sp³-hybridized carbons (Fsp3) is 0.750. The molecule has 0 aromatic carbocycles. The van der Waals surface area contributed by atoms with Crippen molar-refractivity contribution in [3.8, 4) is 0 Å². The second-order valence-corrected chi connectivity index (χ2v) is 4.95. The lowest BCUT2D eigenvalue weighted by molar-refractivity contribution is 0.329. The van der Waals surface area contributed by atoms with Gasteiger partial charge in [-0.05, 0) is 19.3 Å². The van der Waals surface area contributed by atoms with Crippen LogP contribution in [-0.2, 0) is 0 Å². The molecule has 2 nitrogen and oxygen atoms in total. The SMILES string of the molecule is CCC(Cl)c1cnn(C2CCCCC2)c1. The molecule has 1 atom stereocenters. The third-order valence-electron chi connectivity index (χ3n) is 3.29. The van der Waals surface area contributed by atoms with Crippen molar-refractivity contribution in [2.24, 2.45) is 0 Å². The maximum absolute atomic E-state index is 6.19. The van der Waals surface area contributed by atoms with Gasteiger partial charge in [0.05, 0.1) is 17.6 Å². The number of aromatic nitrogens is 2. The van der Waals surface area contributed by atoms with Crippen molar-refractivity contribution < 1.29 is 0 Å². The average molecular weight is 227 g/mol. The molecule has 0 aliphatic heterocycles. The fourth-order valence-corrected chi connectivity index (χ4v) is 2.41. The Kier molecular flexibility index (Phi) is 3.68. The number of alkyl halides is 1. The van der Waals surface area contributed by atoms with Crippen LogP contribution in [0.25, 0.3) is 0 Å². The largest absolute Gasteiger partial charge is 0.269 e. The average Bonchev–Trinajstić information content (AvgIpc) is 2.78. The Morgan fingerprint density at radius 1 is 1.47 bits per heavy atom. The summed E-state index contributed by atoms with van der Waals surface area (Å²) >= 11 is 6.19. The van der Waals surface area contributed by atoms with Crippen LogP contribution in [-0.4, -0.2) is 9.78 Å². The van der Waals surface area contributed by atoms with Gasteiger partial charge in [0.1, 0.15) is 0 Å². The summed E-state index contributed by atoms with van der Waals surface area (Å²) in [5, 5.41) is 4.57. The van der Waals surface area contributed by atoms with E-state index in [4.69, 9.17) is 11.6 Å². The van der Waals surface area contributed by atoms with Crippen molar-refractivity contribution in [1.82, 2.24) is 9.78 Å². The number of hydrogen-bond acceptors (Lipinski definition) is 1. The summed E-state index contributed by atoms with van der Waals surface area (Å²) in [6.07, 6.45) is 11.7. The van der Waals surface area contributed by atoms with Gasteiger partial charge in [-0.1, -0.05) is 26.2 Å². The molecule has 1 aliphatic carbocycles. The van der Waals surface area contributed by atoms with Gasteiger partial charge in [-0.25, -0.2) is 0 Å². The summed E-state index contributed by atoms with van der Waals surface area (Å²) in [7, 11) is 0. The van der Waals surface area contributed by atoms with Crippen molar-refractivity contribution in [3.63, 3.8) is 0 Å². The quantitative estimate of drug-likeness (QED) is 0.711. The summed E-state index contributed by atoms with van der Waals surface area (Å²) in [5.41, 5.74) is 1.17. The molecule has 0 spiro atoms. The molecule has 2 rings (SSSR count). The molecule has 0 radical (unpaired) electrons. The van der Waals surface area contributed by atoms with Crippen molar-refractivity contribution in [2.75, 3.05) is 0 Å². The molecule has 1 saturated carbocycles. The third-order valence-corrected chi connectivity index (χ3v) is 3.85. The van der Waals surface area contributed by atoms with E-state index in [9.17, 15) is 0 Å². The Balaban J connectivity index is 2.05. The molecule has 0 bridgehead atoms. The van der Waals surface area contributed by atoms with Crippen LogP contribution in [0.15, 0.2) is 12.4 Å². The molecule has 0 amide bonds. The van der Waals surface area contributed by atoms with Crippen LogP contribution < -0.4 is 0 Å². The van der Waals surface area contributed by atoms with Crippen molar-refractivity contribution in [1.29, 1.82) is 0 Å². The third kappa shape index (κ3) is 2.54. The lowest BCUT2D eigenvalue weighted by Gasteiger charge is -2.21. The first-order valence-electron chi connectivity index (χ1n) is 5.99. The van der Waals surface area contributed by atoms with Gasteiger partial charge in [-0.2, -0.15) is 5.10 Å². The number of hydrogen-bond donors (Lipinski definition) is 0. The topological polar surface area (TPSA) is 17.8 Å². The highest BCUT2D eigenvalue weighted by Crippen LogP contribution is 2.29. The predicted molar refractivity (Wildman–Crippen MR) is 63.2 cm³/mol. The monoisotopic (exact) mass is 226 g/mol. The first-order chi connectivity index (χ1) is 7.31. The van der Waals surface area contributed by atoms with Gasteiger partial charge in [0.25, 0.3) is 0 Å². The first kappa shape index (κ1) is 11.0. The minimum atomic E-state index is 0.127. The zero-order valence-corrected chi connectivity index (χ0v) is 10.1. The first-order valence-corrected chi connectivity index (χ1v) is 6.43. The minimum absolute atomic E-state index is 0.127. The smallest absolute Gasteiger partial charge is 0.0613 e. The second kappa shape index (κ2) is 5.02. The molecule has 84 valence electrons. The van der Waals surface area contributed by atoms with E-state index in [1.165, 1.54) is 37.7 Å². The van der Waals surface area contributed by atoms with Gasteiger partial charge < -0.3 is 0 Å². The molecular formula is C12H19ClN2. The molecular weight excluding hydrogens is 208 g/mol. The van der Waals surface area contributed by atoms with E-state index in [-0.39, 0.29) is 5.38 Å². The zero-order chi connectivity index (χ0) is 10.7. The second-order valence-electron chi connectivity index (χ2n) is 4.42. The van der Waals surface area contributed by atoms with E-state index in [2.05, 4.69) is 22.9 Å². The van der Waals surface area contributed by atoms with E-state index in [1.807, 2.05) is 6.20 Å². The normalized spacial score (nSPS) is 20.4. The van der Waals surface area contributed by atoms with Crippen LogP contribution in [0.1, 0.15) is 62.4 Å². The summed E-state index contributed by atoms with van der Waals surface area (Å²) in [6.45, 7) is 2.11. The zero-order valence-electron chi connectivity index (χ0n) is 9.32. The van der Waals surface area contributed by atoms with Gasteiger partial charge in [0.2, 0.25) is 0 Å². The van der Waals surface area contributed by atoms with E-state index in [1.54, 1.807) is 0 Å². The summed E-state index contributed by atoms with van der Waals surface area (Å²) in [6, 6.07) is 0.619. The Labute approximate surface area is 96.6 Å². The summed E-state index contributed by atoms with van der Waals surface area (Å²) in [4.78, 5) is 0. The number of halogens is 1. The van der Waals surface area contributed by atoms with Crippen molar-refractivity contribution in [2.45, 2.75) is 56.9 Å². The standard InChI is InChI=1S/C12H19ClN2/c1-2-12(13)10-8-14-15(9-10)11-6-4-3-5-7-11/h8-9,11-12H,2-7H2,1H3. The molecule has 1 aromatic rings. The Morgan fingerprint density at radius 3 is 2.87 bits per heavy atom. The molecule has 1 fully saturated rings. The van der Waals surface area contributed by atoms with Crippen LogP contribution in [0, 0.1) is 0 Å². The van der Waals surface area contributed by atoms with Crippen LogP contribution in [0.3, 0.4) is 0 Å². The molecule has 1 aliphatic rings.